The molecule has 3 aromatic carbocycles. The molecule has 202 valence electrons. The number of nitrogens with zero attached hydrogens (tertiary/aromatic N) is 1. The average Bonchev–Trinajstić information content (AvgIpc) is 3.80. The molecule has 3 aromatic rings. The Labute approximate surface area is 232 Å². The number of sulfonamides is 1. The quantitative estimate of drug-likeness (QED) is 0.164. The molecule has 0 bridgehead atoms. The minimum atomic E-state index is -4.01. The van der Waals surface area contributed by atoms with E-state index in [4.69, 9.17) is 4.74 Å². The summed E-state index contributed by atoms with van der Waals surface area (Å²) in [7, 11) is -4.01. The highest BCUT2D eigenvalue weighted by molar-refractivity contribution is 7.89. The first kappa shape index (κ1) is 28.4. The van der Waals surface area contributed by atoms with Gasteiger partial charge in [-0.3, -0.25) is 4.79 Å². The first-order chi connectivity index (χ1) is 18.8. The molecule has 1 fully saturated rings. The monoisotopic (exact) mass is 541 g/mol. The first-order valence-corrected chi connectivity index (χ1v) is 14.8. The van der Waals surface area contributed by atoms with Gasteiger partial charge in [0.1, 0.15) is 0 Å². The molecule has 39 heavy (non-hydrogen) atoms. The van der Waals surface area contributed by atoms with Crippen molar-refractivity contribution in [3.63, 3.8) is 0 Å². The number of carbonyl (C=O) groups is 1. The van der Waals surface area contributed by atoms with Gasteiger partial charge >= 0.3 is 5.97 Å². The number of carbonyl (C=O) groups excluding carboxylic acids is 1. The fourth-order valence-electron chi connectivity index (χ4n) is 4.62. The SMILES string of the molecule is C=CCN([C@@H](CCC)C(C#Cc1ccccc1)(OC(=O)C1CC1)c1ccccc1)S(=O)(=O)c1ccc(C)cc1. The smallest absolute Gasteiger partial charge is 0.310 e. The summed E-state index contributed by atoms with van der Waals surface area (Å²) in [6.45, 7) is 7.79. The van der Waals surface area contributed by atoms with Crippen molar-refractivity contribution >= 4 is 16.0 Å². The third-order valence-electron chi connectivity index (χ3n) is 6.86. The van der Waals surface area contributed by atoms with Gasteiger partial charge in [-0.25, -0.2) is 8.42 Å². The van der Waals surface area contributed by atoms with Crippen LogP contribution in [0, 0.1) is 24.7 Å². The third kappa shape index (κ3) is 6.50. The summed E-state index contributed by atoms with van der Waals surface area (Å²) in [5.74, 6) is 5.96. The molecule has 1 aliphatic carbocycles. The van der Waals surface area contributed by atoms with Crippen LogP contribution in [0.15, 0.2) is 102 Å². The molecule has 1 aliphatic rings. The van der Waals surface area contributed by atoms with Crippen LogP contribution in [0.4, 0.5) is 0 Å². The van der Waals surface area contributed by atoms with E-state index < -0.39 is 21.7 Å². The van der Waals surface area contributed by atoms with E-state index in [1.54, 1.807) is 30.3 Å². The predicted molar refractivity (Wildman–Crippen MR) is 154 cm³/mol. The maximum atomic E-state index is 14.2. The van der Waals surface area contributed by atoms with Crippen LogP contribution in [0.25, 0.3) is 0 Å². The minimum absolute atomic E-state index is 0.0312. The molecule has 0 spiro atoms. The highest BCUT2D eigenvalue weighted by Gasteiger charge is 2.50. The highest BCUT2D eigenvalue weighted by Crippen LogP contribution is 2.41. The maximum absolute atomic E-state index is 14.2. The predicted octanol–water partition coefficient (Wildman–Crippen LogP) is 6.24. The van der Waals surface area contributed by atoms with Crippen molar-refractivity contribution in [1.82, 2.24) is 4.31 Å². The van der Waals surface area contributed by atoms with Crippen LogP contribution in [0.2, 0.25) is 0 Å². The summed E-state index contributed by atoms with van der Waals surface area (Å²) in [6.07, 6.45) is 4.13. The van der Waals surface area contributed by atoms with Gasteiger partial charge in [0.05, 0.1) is 16.9 Å². The molecule has 1 saturated carbocycles. The Morgan fingerprint density at radius 2 is 1.67 bits per heavy atom. The summed E-state index contributed by atoms with van der Waals surface area (Å²) in [6, 6.07) is 24.7. The molecule has 0 aromatic heterocycles. The van der Waals surface area contributed by atoms with Gasteiger partial charge in [-0.1, -0.05) is 91.6 Å². The summed E-state index contributed by atoms with van der Waals surface area (Å²) < 4.78 is 36.3. The molecule has 6 heteroatoms. The summed E-state index contributed by atoms with van der Waals surface area (Å²) in [5.41, 5.74) is 0.786. The molecule has 0 amide bonds. The number of rotatable bonds is 11. The van der Waals surface area contributed by atoms with Crippen molar-refractivity contribution < 1.29 is 17.9 Å². The van der Waals surface area contributed by atoms with Crippen LogP contribution in [0.5, 0.6) is 0 Å². The zero-order valence-electron chi connectivity index (χ0n) is 22.5. The second-order valence-corrected chi connectivity index (χ2v) is 11.8. The Kier molecular flexibility index (Phi) is 9.06. The fraction of sp³-hybridized carbons (Fsp3) is 0.303. The number of aryl methyl sites for hydroxylation is 1. The number of benzene rings is 3. The Hall–Kier alpha value is -3.66. The zero-order chi connectivity index (χ0) is 27.9. The molecular formula is C33H35NO4S. The summed E-state index contributed by atoms with van der Waals surface area (Å²) in [5, 5.41) is 0. The van der Waals surface area contributed by atoms with Crippen LogP contribution >= 0.6 is 0 Å². The largest absolute Gasteiger partial charge is 0.439 e. The van der Waals surface area contributed by atoms with Crippen molar-refractivity contribution in [2.75, 3.05) is 6.54 Å². The van der Waals surface area contributed by atoms with E-state index in [1.165, 1.54) is 4.31 Å². The van der Waals surface area contributed by atoms with Crippen molar-refractivity contribution in [3.8, 4) is 11.8 Å². The average molecular weight is 542 g/mol. The van der Waals surface area contributed by atoms with E-state index in [-0.39, 0.29) is 23.3 Å². The number of hydrogen-bond acceptors (Lipinski definition) is 4. The van der Waals surface area contributed by atoms with E-state index in [9.17, 15) is 13.2 Å². The van der Waals surface area contributed by atoms with Gasteiger partial charge in [0.25, 0.3) is 0 Å². The Balaban J connectivity index is 1.97. The molecule has 0 aliphatic heterocycles. The number of ether oxygens (including phenoxy) is 1. The molecule has 0 N–H and O–H groups in total. The zero-order valence-corrected chi connectivity index (χ0v) is 23.4. The third-order valence-corrected chi connectivity index (χ3v) is 8.75. The Morgan fingerprint density at radius 3 is 2.23 bits per heavy atom. The van der Waals surface area contributed by atoms with Gasteiger partial charge in [-0.05, 0) is 56.4 Å². The van der Waals surface area contributed by atoms with Gasteiger partial charge in [0.15, 0.2) is 0 Å². The van der Waals surface area contributed by atoms with Crippen molar-refractivity contribution in [3.05, 3.63) is 114 Å². The second kappa shape index (κ2) is 12.5. The molecule has 0 saturated heterocycles. The van der Waals surface area contributed by atoms with Crippen LogP contribution < -0.4 is 0 Å². The van der Waals surface area contributed by atoms with Gasteiger partial charge in [0, 0.05) is 17.7 Å². The van der Waals surface area contributed by atoms with Crippen molar-refractivity contribution in [1.29, 1.82) is 0 Å². The maximum Gasteiger partial charge on any atom is 0.310 e. The molecule has 4 rings (SSSR count). The normalized spacial score (nSPS) is 15.5. The standard InChI is InChI=1S/C33H35NO4S/c1-4-12-31(34(25-5-2)39(36,37)30-21-17-26(3)18-22-30)33(29-15-10-7-11-16-29,38-32(35)28-19-20-28)24-23-27-13-8-6-9-14-27/h5-11,13-18,21-22,28,31H,2,4,12,19-20,25H2,1,3H3/t31-,33?/m0/s1. The molecule has 1 unspecified atom stereocenters. The summed E-state index contributed by atoms with van der Waals surface area (Å²) in [4.78, 5) is 13.5. The second-order valence-electron chi connectivity index (χ2n) is 9.89. The molecule has 0 heterocycles. The van der Waals surface area contributed by atoms with Gasteiger partial charge < -0.3 is 4.74 Å². The topological polar surface area (TPSA) is 63.7 Å². The van der Waals surface area contributed by atoms with Crippen LogP contribution in [0.3, 0.4) is 0 Å². The van der Waals surface area contributed by atoms with E-state index in [2.05, 4.69) is 18.4 Å². The van der Waals surface area contributed by atoms with E-state index >= 15 is 0 Å². The van der Waals surface area contributed by atoms with Crippen LogP contribution in [-0.2, 0) is 25.2 Å². The molecule has 2 atom stereocenters. The minimum Gasteiger partial charge on any atom is -0.439 e. The Bertz CT molecular complexity index is 1440. The molecular weight excluding hydrogens is 506 g/mol. The molecule has 0 radical (unpaired) electrons. The highest BCUT2D eigenvalue weighted by atomic mass is 32.2. The Morgan fingerprint density at radius 1 is 1.05 bits per heavy atom. The number of hydrogen-bond donors (Lipinski definition) is 0. The van der Waals surface area contributed by atoms with Gasteiger partial charge in [-0.2, -0.15) is 4.31 Å². The lowest BCUT2D eigenvalue weighted by atomic mass is 9.83. The van der Waals surface area contributed by atoms with Crippen molar-refractivity contribution in [2.24, 2.45) is 5.92 Å². The van der Waals surface area contributed by atoms with E-state index in [0.717, 1.165) is 24.0 Å². The lowest BCUT2D eigenvalue weighted by molar-refractivity contribution is -0.161. The first-order valence-electron chi connectivity index (χ1n) is 13.4. The van der Waals surface area contributed by atoms with Crippen LogP contribution in [-0.4, -0.2) is 31.3 Å². The lowest BCUT2D eigenvalue weighted by Crippen LogP contribution is -2.54. The van der Waals surface area contributed by atoms with E-state index in [1.807, 2.05) is 74.5 Å². The van der Waals surface area contributed by atoms with Gasteiger partial charge in [0.2, 0.25) is 15.6 Å². The van der Waals surface area contributed by atoms with Crippen molar-refractivity contribution in [2.45, 2.75) is 56.1 Å². The fourth-order valence-corrected chi connectivity index (χ4v) is 6.26. The summed E-state index contributed by atoms with van der Waals surface area (Å²) >= 11 is 0. The number of esters is 1. The van der Waals surface area contributed by atoms with E-state index in [0.29, 0.717) is 18.4 Å². The molecule has 5 nitrogen and oxygen atoms in total. The lowest BCUT2D eigenvalue weighted by Gasteiger charge is -2.42. The van der Waals surface area contributed by atoms with Gasteiger partial charge in [-0.15, -0.1) is 6.58 Å². The van der Waals surface area contributed by atoms with Crippen LogP contribution in [0.1, 0.15) is 49.3 Å².